The number of rotatable bonds is 9. The van der Waals surface area contributed by atoms with Crippen LogP contribution in [0, 0.1) is 0 Å². The lowest BCUT2D eigenvalue weighted by molar-refractivity contribution is -0.140. The zero-order valence-electron chi connectivity index (χ0n) is 18.6. The lowest BCUT2D eigenvalue weighted by Gasteiger charge is -2.23. The SMILES string of the molecule is COC(=O)CCc1cccc(CN(Cc2ccc3c(c2)CCO3)S(=O)(=O)c2ccccc2)c1. The summed E-state index contributed by atoms with van der Waals surface area (Å²) >= 11 is 0. The van der Waals surface area contributed by atoms with E-state index in [0.29, 0.717) is 13.0 Å². The van der Waals surface area contributed by atoms with Crippen molar-refractivity contribution < 1.29 is 22.7 Å². The molecule has 1 aliphatic heterocycles. The summed E-state index contributed by atoms with van der Waals surface area (Å²) in [5.74, 6) is 0.601. The molecule has 3 aromatic rings. The first-order valence-corrected chi connectivity index (χ1v) is 12.3. The first-order chi connectivity index (χ1) is 16.0. The van der Waals surface area contributed by atoms with Crippen LogP contribution in [0.15, 0.2) is 77.7 Å². The first-order valence-electron chi connectivity index (χ1n) is 10.9. The van der Waals surface area contributed by atoms with Crippen molar-refractivity contribution in [2.45, 2.75) is 37.2 Å². The number of methoxy groups -OCH3 is 1. The van der Waals surface area contributed by atoms with E-state index < -0.39 is 10.0 Å². The number of carbonyl (C=O) groups excluding carboxylic acids is 1. The molecule has 4 rings (SSSR count). The summed E-state index contributed by atoms with van der Waals surface area (Å²) in [7, 11) is -2.35. The summed E-state index contributed by atoms with van der Waals surface area (Å²) in [6.07, 6.45) is 1.65. The van der Waals surface area contributed by atoms with E-state index in [1.807, 2.05) is 42.5 Å². The topological polar surface area (TPSA) is 72.9 Å². The van der Waals surface area contributed by atoms with E-state index in [1.54, 1.807) is 30.3 Å². The van der Waals surface area contributed by atoms with Gasteiger partial charge >= 0.3 is 5.97 Å². The summed E-state index contributed by atoms with van der Waals surface area (Å²) in [5, 5.41) is 0. The normalized spacial score (nSPS) is 12.9. The number of hydrogen-bond donors (Lipinski definition) is 0. The standard InChI is InChI=1S/C26H27NO5S/c1-31-26(28)13-11-20-6-5-7-21(16-20)18-27(33(29,30)24-8-3-2-4-9-24)19-22-10-12-25-23(17-22)14-15-32-25/h2-10,12,16-17H,11,13-15,18-19H2,1H3. The number of carbonyl (C=O) groups is 1. The van der Waals surface area contributed by atoms with E-state index in [4.69, 9.17) is 9.47 Å². The second-order valence-electron chi connectivity index (χ2n) is 8.02. The quantitative estimate of drug-likeness (QED) is 0.445. The van der Waals surface area contributed by atoms with Crippen LogP contribution in [-0.2, 0) is 45.5 Å². The molecule has 0 radical (unpaired) electrons. The highest BCUT2D eigenvalue weighted by Crippen LogP contribution is 2.28. The van der Waals surface area contributed by atoms with E-state index in [1.165, 1.54) is 11.4 Å². The zero-order valence-corrected chi connectivity index (χ0v) is 19.4. The maximum Gasteiger partial charge on any atom is 0.305 e. The molecular weight excluding hydrogens is 438 g/mol. The van der Waals surface area contributed by atoms with Gasteiger partial charge in [0.2, 0.25) is 10.0 Å². The molecule has 0 saturated heterocycles. The smallest absolute Gasteiger partial charge is 0.305 e. The summed E-state index contributed by atoms with van der Waals surface area (Å²) in [4.78, 5) is 11.8. The molecule has 7 heteroatoms. The van der Waals surface area contributed by atoms with Gasteiger partial charge in [-0.05, 0) is 46.9 Å². The van der Waals surface area contributed by atoms with Gasteiger partial charge in [-0.25, -0.2) is 8.42 Å². The fourth-order valence-electron chi connectivity index (χ4n) is 3.94. The van der Waals surface area contributed by atoms with Crippen LogP contribution in [0.5, 0.6) is 5.75 Å². The molecule has 0 aromatic heterocycles. The first kappa shape index (κ1) is 23.0. The van der Waals surface area contributed by atoms with Crippen LogP contribution >= 0.6 is 0 Å². The number of benzene rings is 3. The van der Waals surface area contributed by atoms with Crippen molar-refractivity contribution in [3.05, 3.63) is 95.1 Å². The Hall–Kier alpha value is -3.16. The summed E-state index contributed by atoms with van der Waals surface area (Å²) in [6, 6.07) is 22.0. The van der Waals surface area contributed by atoms with Gasteiger partial charge in [-0.2, -0.15) is 4.31 Å². The van der Waals surface area contributed by atoms with Crippen LogP contribution in [0.25, 0.3) is 0 Å². The van der Waals surface area contributed by atoms with Crippen LogP contribution in [0.2, 0.25) is 0 Å². The molecule has 1 heterocycles. The molecule has 3 aromatic carbocycles. The lowest BCUT2D eigenvalue weighted by atomic mass is 10.1. The van der Waals surface area contributed by atoms with Crippen molar-refractivity contribution in [2.24, 2.45) is 0 Å². The molecule has 0 spiro atoms. The molecular formula is C26H27NO5S. The maximum absolute atomic E-state index is 13.6. The molecule has 0 bridgehead atoms. The fraction of sp³-hybridized carbons (Fsp3) is 0.269. The number of esters is 1. The van der Waals surface area contributed by atoms with Gasteiger partial charge in [0.1, 0.15) is 5.75 Å². The molecule has 0 aliphatic carbocycles. The van der Waals surface area contributed by atoms with E-state index in [-0.39, 0.29) is 30.4 Å². The summed E-state index contributed by atoms with van der Waals surface area (Å²) < 4.78 is 38.9. The average molecular weight is 466 g/mol. The predicted molar refractivity (Wildman–Crippen MR) is 125 cm³/mol. The van der Waals surface area contributed by atoms with Gasteiger partial charge in [0, 0.05) is 25.9 Å². The third-order valence-electron chi connectivity index (χ3n) is 5.69. The van der Waals surface area contributed by atoms with E-state index in [2.05, 4.69) is 0 Å². The molecule has 1 aliphatic rings. The van der Waals surface area contributed by atoms with Crippen molar-refractivity contribution in [1.29, 1.82) is 0 Å². The maximum atomic E-state index is 13.6. The monoisotopic (exact) mass is 465 g/mol. The zero-order chi connectivity index (χ0) is 23.3. The molecule has 0 N–H and O–H groups in total. The van der Waals surface area contributed by atoms with Crippen LogP contribution in [0.4, 0.5) is 0 Å². The van der Waals surface area contributed by atoms with Gasteiger partial charge in [0.25, 0.3) is 0 Å². The highest BCUT2D eigenvalue weighted by molar-refractivity contribution is 7.89. The van der Waals surface area contributed by atoms with Gasteiger partial charge in [-0.3, -0.25) is 4.79 Å². The Morgan fingerprint density at radius 2 is 1.67 bits per heavy atom. The number of sulfonamides is 1. The second-order valence-corrected chi connectivity index (χ2v) is 9.96. The lowest BCUT2D eigenvalue weighted by Crippen LogP contribution is -2.30. The van der Waals surface area contributed by atoms with Crippen LogP contribution in [0.3, 0.4) is 0 Å². The molecule has 0 saturated carbocycles. The predicted octanol–water partition coefficient (Wildman–Crippen LogP) is 4.12. The van der Waals surface area contributed by atoms with Crippen LogP contribution in [0.1, 0.15) is 28.7 Å². The minimum atomic E-state index is -3.73. The van der Waals surface area contributed by atoms with Gasteiger partial charge in [0.05, 0.1) is 18.6 Å². The Labute approximate surface area is 194 Å². The Kier molecular flexibility index (Phi) is 7.11. The number of aryl methyl sites for hydroxylation is 1. The van der Waals surface area contributed by atoms with Crippen LogP contribution in [-0.4, -0.2) is 32.4 Å². The molecule has 0 amide bonds. The average Bonchev–Trinajstić information content (AvgIpc) is 3.31. The molecule has 0 fully saturated rings. The van der Waals surface area contributed by atoms with Gasteiger partial charge in [-0.1, -0.05) is 54.6 Å². The summed E-state index contributed by atoms with van der Waals surface area (Å²) in [5.41, 5.74) is 3.85. The highest BCUT2D eigenvalue weighted by Gasteiger charge is 2.25. The fourth-order valence-corrected chi connectivity index (χ4v) is 5.38. The highest BCUT2D eigenvalue weighted by atomic mass is 32.2. The summed E-state index contributed by atoms with van der Waals surface area (Å²) in [6.45, 7) is 1.12. The third-order valence-corrected chi connectivity index (χ3v) is 7.50. The van der Waals surface area contributed by atoms with Crippen molar-refractivity contribution in [2.75, 3.05) is 13.7 Å². The number of fused-ring (bicyclic) bond motifs is 1. The van der Waals surface area contributed by atoms with Gasteiger partial charge in [-0.15, -0.1) is 0 Å². The number of ether oxygens (including phenoxy) is 2. The third kappa shape index (κ3) is 5.61. The molecule has 172 valence electrons. The van der Waals surface area contributed by atoms with Crippen molar-refractivity contribution in [3.63, 3.8) is 0 Å². The van der Waals surface area contributed by atoms with Gasteiger partial charge < -0.3 is 9.47 Å². The molecule has 33 heavy (non-hydrogen) atoms. The number of hydrogen-bond acceptors (Lipinski definition) is 5. The van der Waals surface area contributed by atoms with Crippen LogP contribution < -0.4 is 4.74 Å². The minimum absolute atomic E-state index is 0.219. The molecule has 0 unspecified atom stereocenters. The Balaban J connectivity index is 1.61. The Bertz CT molecular complexity index is 1220. The van der Waals surface area contributed by atoms with E-state index >= 15 is 0 Å². The van der Waals surface area contributed by atoms with E-state index in [0.717, 1.165) is 34.4 Å². The van der Waals surface area contributed by atoms with Crippen molar-refractivity contribution in [1.82, 2.24) is 4.31 Å². The van der Waals surface area contributed by atoms with Crippen molar-refractivity contribution in [3.8, 4) is 5.75 Å². The number of nitrogens with zero attached hydrogens (tertiary/aromatic N) is 1. The van der Waals surface area contributed by atoms with E-state index in [9.17, 15) is 13.2 Å². The molecule has 0 atom stereocenters. The Morgan fingerprint density at radius 3 is 2.42 bits per heavy atom. The molecule has 6 nitrogen and oxygen atoms in total. The van der Waals surface area contributed by atoms with Crippen molar-refractivity contribution >= 4 is 16.0 Å². The minimum Gasteiger partial charge on any atom is -0.493 e. The largest absolute Gasteiger partial charge is 0.493 e. The Morgan fingerprint density at radius 1 is 0.939 bits per heavy atom. The second kappa shape index (κ2) is 10.2. The van der Waals surface area contributed by atoms with Gasteiger partial charge in [0.15, 0.2) is 0 Å².